The lowest BCUT2D eigenvalue weighted by Gasteiger charge is -2.35. The van der Waals surface area contributed by atoms with Crippen molar-refractivity contribution in [1.82, 2.24) is 4.90 Å². The van der Waals surface area contributed by atoms with Crippen molar-refractivity contribution in [2.75, 3.05) is 33.4 Å². The van der Waals surface area contributed by atoms with Gasteiger partial charge in [-0.2, -0.15) is 0 Å². The van der Waals surface area contributed by atoms with Crippen molar-refractivity contribution in [1.29, 1.82) is 0 Å². The number of ether oxygens (including phenoxy) is 2. The topological polar surface area (TPSA) is 62.2 Å². The summed E-state index contributed by atoms with van der Waals surface area (Å²) in [7, 11) is 1.65. The van der Waals surface area contributed by atoms with Gasteiger partial charge in [-0.05, 0) is 73.2 Å². The number of hydrogen-bond acceptors (Lipinski definition) is 5. The Morgan fingerprint density at radius 1 is 1.06 bits per heavy atom. The van der Waals surface area contributed by atoms with Crippen LogP contribution in [0.1, 0.15) is 50.8 Å². The first kappa shape index (κ1) is 27.4. The molecule has 2 aromatic rings. The second-order valence-corrected chi connectivity index (χ2v) is 9.71. The minimum absolute atomic E-state index is 0. The van der Waals surface area contributed by atoms with E-state index in [1.54, 1.807) is 19.2 Å². The second-order valence-electron chi connectivity index (χ2n) is 9.71. The molecule has 2 N–H and O–H groups in total. The summed E-state index contributed by atoms with van der Waals surface area (Å²) in [5.41, 5.74) is 1.69. The molecule has 2 atom stereocenters. The molecule has 7 heteroatoms. The summed E-state index contributed by atoms with van der Waals surface area (Å²) in [6, 6.07) is 11.8. The molecule has 1 aliphatic heterocycles. The molecule has 1 fully saturated rings. The van der Waals surface area contributed by atoms with E-state index in [1.807, 2.05) is 18.2 Å². The number of rotatable bonds is 8. The molecular formula is C26H37ClFNO4. The van der Waals surface area contributed by atoms with Gasteiger partial charge in [-0.25, -0.2) is 4.39 Å². The first-order valence-electron chi connectivity index (χ1n) is 11.3. The average molecular weight is 482 g/mol. The van der Waals surface area contributed by atoms with Crippen LogP contribution < -0.4 is 9.47 Å². The molecule has 2 aromatic carbocycles. The fourth-order valence-corrected chi connectivity index (χ4v) is 4.27. The van der Waals surface area contributed by atoms with Crippen LogP contribution in [0.3, 0.4) is 0 Å². The number of methoxy groups -OCH3 is 1. The number of piperidine rings is 1. The zero-order valence-corrected chi connectivity index (χ0v) is 20.8. The minimum atomic E-state index is -0.608. The number of halogens is 2. The molecule has 0 aliphatic carbocycles. The van der Waals surface area contributed by atoms with Crippen molar-refractivity contribution in [3.63, 3.8) is 0 Å². The maximum atomic E-state index is 13.1. The first-order valence-corrected chi connectivity index (χ1v) is 11.3. The van der Waals surface area contributed by atoms with Crippen molar-refractivity contribution in [3.05, 3.63) is 59.4 Å². The lowest BCUT2D eigenvalue weighted by Crippen LogP contribution is -2.41. The molecule has 33 heavy (non-hydrogen) atoms. The van der Waals surface area contributed by atoms with Crippen LogP contribution in [-0.2, 0) is 5.41 Å². The summed E-state index contributed by atoms with van der Waals surface area (Å²) < 4.78 is 24.5. The Morgan fingerprint density at radius 2 is 1.70 bits per heavy atom. The third-order valence-corrected chi connectivity index (χ3v) is 6.19. The van der Waals surface area contributed by atoms with E-state index in [-0.39, 0.29) is 36.2 Å². The number of β-amino-alcohol motifs (C(OH)–C–C–N with tert-alkyl or cyclic N) is 1. The average Bonchev–Trinajstić information content (AvgIpc) is 2.77. The summed E-state index contributed by atoms with van der Waals surface area (Å²) in [6.07, 6.45) is 0.470. The summed E-state index contributed by atoms with van der Waals surface area (Å²) in [4.78, 5) is 2.21. The number of hydrogen-bond donors (Lipinski definition) is 2. The van der Waals surface area contributed by atoms with Crippen molar-refractivity contribution in [2.24, 2.45) is 5.92 Å². The van der Waals surface area contributed by atoms with Crippen molar-refractivity contribution in [2.45, 2.75) is 51.2 Å². The molecule has 3 rings (SSSR count). The molecular weight excluding hydrogens is 445 g/mol. The molecule has 0 bridgehead atoms. The van der Waals surface area contributed by atoms with E-state index >= 15 is 0 Å². The zero-order valence-electron chi connectivity index (χ0n) is 20.0. The maximum absolute atomic E-state index is 13.1. The van der Waals surface area contributed by atoms with E-state index in [2.05, 4.69) is 25.7 Å². The van der Waals surface area contributed by atoms with Gasteiger partial charge in [-0.1, -0.05) is 32.9 Å². The molecule has 0 radical (unpaired) electrons. The van der Waals surface area contributed by atoms with Crippen molar-refractivity contribution in [3.8, 4) is 11.5 Å². The van der Waals surface area contributed by atoms with Gasteiger partial charge in [0.15, 0.2) is 0 Å². The molecule has 184 valence electrons. The third kappa shape index (κ3) is 7.57. The Bertz CT molecular complexity index is 864. The predicted octanol–water partition coefficient (Wildman–Crippen LogP) is 4.74. The quantitative estimate of drug-likeness (QED) is 0.570. The van der Waals surface area contributed by atoms with Crippen LogP contribution >= 0.6 is 12.4 Å². The van der Waals surface area contributed by atoms with E-state index in [9.17, 15) is 14.6 Å². The van der Waals surface area contributed by atoms with Gasteiger partial charge in [-0.15, -0.1) is 12.4 Å². The maximum Gasteiger partial charge on any atom is 0.123 e. The molecule has 5 nitrogen and oxygen atoms in total. The highest BCUT2D eigenvalue weighted by Crippen LogP contribution is 2.34. The Labute approximate surface area is 202 Å². The largest absolute Gasteiger partial charge is 0.497 e. The molecule has 1 aliphatic rings. The summed E-state index contributed by atoms with van der Waals surface area (Å²) in [5, 5.41) is 21.2. The van der Waals surface area contributed by atoms with Gasteiger partial charge < -0.3 is 24.6 Å². The van der Waals surface area contributed by atoms with Gasteiger partial charge in [0, 0.05) is 12.1 Å². The predicted molar refractivity (Wildman–Crippen MR) is 131 cm³/mol. The van der Waals surface area contributed by atoms with Gasteiger partial charge >= 0.3 is 0 Å². The normalized spacial score (nSPS) is 17.2. The van der Waals surface area contributed by atoms with Crippen LogP contribution in [0.15, 0.2) is 42.5 Å². The van der Waals surface area contributed by atoms with E-state index in [0.717, 1.165) is 48.6 Å². The van der Waals surface area contributed by atoms with Crippen molar-refractivity contribution >= 4 is 12.4 Å². The van der Waals surface area contributed by atoms with Crippen LogP contribution in [0.4, 0.5) is 4.39 Å². The Morgan fingerprint density at radius 3 is 2.27 bits per heavy atom. The summed E-state index contributed by atoms with van der Waals surface area (Å²) in [6.45, 7) is 8.71. The minimum Gasteiger partial charge on any atom is -0.497 e. The molecule has 2 unspecified atom stereocenters. The number of benzene rings is 2. The van der Waals surface area contributed by atoms with Crippen LogP contribution in [0.2, 0.25) is 0 Å². The zero-order chi connectivity index (χ0) is 23.3. The highest BCUT2D eigenvalue weighted by molar-refractivity contribution is 5.85. The van der Waals surface area contributed by atoms with E-state index in [1.165, 1.54) is 12.1 Å². The van der Waals surface area contributed by atoms with Crippen LogP contribution in [0.25, 0.3) is 0 Å². The van der Waals surface area contributed by atoms with E-state index in [4.69, 9.17) is 9.47 Å². The Hall–Kier alpha value is -1.86. The van der Waals surface area contributed by atoms with Crippen LogP contribution in [-0.4, -0.2) is 54.6 Å². The molecule has 0 spiro atoms. The molecule has 1 saturated heterocycles. The highest BCUT2D eigenvalue weighted by atomic mass is 35.5. The molecule has 1 heterocycles. The van der Waals surface area contributed by atoms with Gasteiger partial charge in [0.25, 0.3) is 0 Å². The monoisotopic (exact) mass is 481 g/mol. The van der Waals surface area contributed by atoms with Crippen LogP contribution in [0, 0.1) is 11.7 Å². The Kier molecular flexibility index (Phi) is 9.98. The number of likely N-dealkylation sites (tertiary alicyclic amines) is 1. The smallest absolute Gasteiger partial charge is 0.123 e. The molecule has 0 saturated carbocycles. The number of aliphatic hydroxyl groups excluding tert-OH is 2. The molecule has 0 aromatic heterocycles. The summed E-state index contributed by atoms with van der Waals surface area (Å²) >= 11 is 0. The third-order valence-electron chi connectivity index (χ3n) is 6.19. The van der Waals surface area contributed by atoms with Gasteiger partial charge in [-0.3, -0.25) is 0 Å². The van der Waals surface area contributed by atoms with E-state index in [0.29, 0.717) is 6.54 Å². The van der Waals surface area contributed by atoms with Crippen LogP contribution in [0.5, 0.6) is 11.5 Å². The van der Waals surface area contributed by atoms with Gasteiger partial charge in [0.1, 0.15) is 30.0 Å². The lowest BCUT2D eigenvalue weighted by atomic mass is 9.86. The fraction of sp³-hybridized carbons (Fsp3) is 0.538. The standard InChI is InChI=1S/C26H36FNO4.ClH/c1-26(2,3)23-15-22(31-4)9-10-24(23)32-17-21(29)16-28-13-11-19(12-14-28)25(30)18-5-7-20(27)8-6-18;/h5-10,15,19,21,25,29-30H,11-14,16-17H2,1-4H3;1H. The van der Waals surface area contributed by atoms with E-state index < -0.39 is 12.2 Å². The van der Waals surface area contributed by atoms with Crippen molar-refractivity contribution < 1.29 is 24.1 Å². The summed E-state index contributed by atoms with van der Waals surface area (Å²) in [5.74, 6) is 1.39. The molecule has 0 amide bonds. The van der Waals surface area contributed by atoms with Gasteiger partial charge in [0.2, 0.25) is 0 Å². The SMILES string of the molecule is COc1ccc(OCC(O)CN2CCC(C(O)c3ccc(F)cc3)CC2)c(C(C)(C)C)c1.Cl. The highest BCUT2D eigenvalue weighted by Gasteiger charge is 2.27. The first-order chi connectivity index (χ1) is 15.2. The number of nitrogens with zero attached hydrogens (tertiary/aromatic N) is 1. The lowest BCUT2D eigenvalue weighted by molar-refractivity contribution is 0.0276. The fourth-order valence-electron chi connectivity index (χ4n) is 4.27. The Balaban J connectivity index is 0.00000385. The van der Waals surface area contributed by atoms with Gasteiger partial charge in [0.05, 0.1) is 13.2 Å². The number of aliphatic hydroxyl groups is 2. The second kappa shape index (κ2) is 12.0.